The van der Waals surface area contributed by atoms with E-state index in [9.17, 15) is 14.4 Å². The smallest absolute Gasteiger partial charge is 0.264 e. The molecule has 0 radical (unpaired) electrons. The number of hydrogen-bond donors (Lipinski definition) is 0. The van der Waals surface area contributed by atoms with E-state index in [1.165, 1.54) is 27.8 Å². The van der Waals surface area contributed by atoms with Gasteiger partial charge in [-0.2, -0.15) is 0 Å². The Hall–Kier alpha value is -3.00. The zero-order valence-electron chi connectivity index (χ0n) is 18.1. The fourth-order valence-corrected chi connectivity index (χ4v) is 5.22. The lowest BCUT2D eigenvalue weighted by molar-refractivity contribution is -0.131. The van der Waals surface area contributed by atoms with E-state index in [2.05, 4.69) is 17.1 Å². The quantitative estimate of drug-likeness (QED) is 0.614. The summed E-state index contributed by atoms with van der Waals surface area (Å²) in [6.07, 6.45) is 2.23. The highest BCUT2D eigenvalue weighted by Crippen LogP contribution is 2.29. The number of amides is 2. The molecular formula is C23H26N4O3S. The summed E-state index contributed by atoms with van der Waals surface area (Å²) >= 11 is 1.25. The molecule has 3 aromatic rings. The van der Waals surface area contributed by atoms with E-state index in [0.29, 0.717) is 46.8 Å². The van der Waals surface area contributed by atoms with Crippen molar-refractivity contribution in [1.29, 1.82) is 0 Å². The molecule has 162 valence electrons. The van der Waals surface area contributed by atoms with Crippen molar-refractivity contribution >= 4 is 33.4 Å². The molecule has 1 aliphatic rings. The zero-order chi connectivity index (χ0) is 22.1. The van der Waals surface area contributed by atoms with E-state index in [1.54, 1.807) is 11.8 Å². The molecule has 0 saturated heterocycles. The molecule has 0 bridgehead atoms. The number of likely N-dealkylation sites (N-methyl/N-ethyl adjacent to an activating group) is 1. The van der Waals surface area contributed by atoms with E-state index in [4.69, 9.17) is 0 Å². The van der Waals surface area contributed by atoms with E-state index < -0.39 is 0 Å². The predicted molar refractivity (Wildman–Crippen MR) is 121 cm³/mol. The molecule has 1 aromatic carbocycles. The van der Waals surface area contributed by atoms with Crippen LogP contribution < -0.4 is 5.56 Å². The van der Waals surface area contributed by atoms with Crippen LogP contribution in [0.25, 0.3) is 10.2 Å². The number of nitrogens with zero attached hydrogens (tertiary/aromatic N) is 4. The summed E-state index contributed by atoms with van der Waals surface area (Å²) in [7, 11) is 0. The Morgan fingerprint density at radius 3 is 2.58 bits per heavy atom. The number of aryl methyl sites for hydroxylation is 1. The number of rotatable bonds is 5. The Bertz CT molecular complexity index is 1210. The third kappa shape index (κ3) is 3.87. The number of aromatic nitrogens is 2. The van der Waals surface area contributed by atoms with Crippen molar-refractivity contribution in [3.63, 3.8) is 0 Å². The number of fused-ring (bicyclic) bond motifs is 2. The highest BCUT2D eigenvalue weighted by Gasteiger charge is 2.26. The van der Waals surface area contributed by atoms with Crippen molar-refractivity contribution in [2.75, 3.05) is 19.6 Å². The maximum absolute atomic E-state index is 13.3. The molecule has 31 heavy (non-hydrogen) atoms. The molecule has 7 nitrogen and oxygen atoms in total. The first-order valence-corrected chi connectivity index (χ1v) is 11.4. The molecular weight excluding hydrogens is 412 g/mol. The van der Waals surface area contributed by atoms with Gasteiger partial charge >= 0.3 is 0 Å². The van der Waals surface area contributed by atoms with Gasteiger partial charge in [-0.1, -0.05) is 24.3 Å². The summed E-state index contributed by atoms with van der Waals surface area (Å²) in [5.41, 5.74) is 2.81. The van der Waals surface area contributed by atoms with E-state index >= 15 is 0 Å². The van der Waals surface area contributed by atoms with Crippen LogP contribution in [0.1, 0.15) is 40.2 Å². The summed E-state index contributed by atoms with van der Waals surface area (Å²) in [6, 6.07) is 8.17. The standard InChI is InChI=1S/C23H26N4O3S/c1-4-25(5-2)18(28)13-27-14-24-21-19(22(27)29)15(3)20(31-21)23(30)26-11-10-16-8-6-7-9-17(16)12-26/h6-9,14H,4-5,10-13H2,1-3H3. The topological polar surface area (TPSA) is 75.5 Å². The van der Waals surface area contributed by atoms with Gasteiger partial charge in [0.05, 0.1) is 16.6 Å². The third-order valence-corrected chi connectivity index (χ3v) is 7.14. The van der Waals surface area contributed by atoms with Gasteiger partial charge in [0.25, 0.3) is 11.5 Å². The van der Waals surface area contributed by atoms with E-state index in [1.807, 2.05) is 30.9 Å². The number of benzene rings is 1. The highest BCUT2D eigenvalue weighted by molar-refractivity contribution is 7.20. The van der Waals surface area contributed by atoms with E-state index in [-0.39, 0.29) is 23.9 Å². The first-order valence-electron chi connectivity index (χ1n) is 10.6. The second-order valence-corrected chi connectivity index (χ2v) is 8.72. The van der Waals surface area contributed by atoms with E-state index in [0.717, 1.165) is 12.0 Å². The lowest BCUT2D eigenvalue weighted by Crippen LogP contribution is -2.36. The first-order chi connectivity index (χ1) is 14.9. The minimum absolute atomic E-state index is 0.0507. The summed E-state index contributed by atoms with van der Waals surface area (Å²) < 4.78 is 1.34. The number of carbonyl (C=O) groups is 2. The molecule has 0 spiro atoms. The van der Waals surface area contributed by atoms with Crippen molar-refractivity contribution < 1.29 is 9.59 Å². The van der Waals surface area contributed by atoms with Crippen molar-refractivity contribution in [2.24, 2.45) is 0 Å². The van der Waals surface area contributed by atoms with Gasteiger partial charge in [0.1, 0.15) is 11.4 Å². The molecule has 1 aliphatic heterocycles. The van der Waals surface area contributed by atoms with Crippen molar-refractivity contribution in [3.8, 4) is 0 Å². The van der Waals surface area contributed by atoms with Crippen LogP contribution in [-0.4, -0.2) is 50.8 Å². The van der Waals surface area contributed by atoms with Crippen LogP contribution in [0.4, 0.5) is 0 Å². The normalized spacial score (nSPS) is 13.3. The van der Waals surface area contributed by atoms with Gasteiger partial charge in [-0.05, 0) is 43.9 Å². The molecule has 0 saturated carbocycles. The van der Waals surface area contributed by atoms with Crippen LogP contribution in [0.2, 0.25) is 0 Å². The molecule has 8 heteroatoms. The van der Waals surface area contributed by atoms with Crippen molar-refractivity contribution in [3.05, 3.63) is 62.5 Å². The number of thiophene rings is 1. The lowest BCUT2D eigenvalue weighted by Gasteiger charge is -2.28. The summed E-state index contributed by atoms with van der Waals surface area (Å²) in [5, 5.41) is 0.431. The van der Waals surface area contributed by atoms with Crippen molar-refractivity contribution in [2.45, 2.75) is 40.3 Å². The Morgan fingerprint density at radius 2 is 1.87 bits per heavy atom. The Kier molecular flexibility index (Phi) is 5.91. The minimum Gasteiger partial charge on any atom is -0.342 e. The predicted octanol–water partition coefficient (Wildman–Crippen LogP) is 2.83. The largest absolute Gasteiger partial charge is 0.342 e. The summed E-state index contributed by atoms with van der Waals surface area (Å²) in [4.78, 5) is 47.8. The van der Waals surface area contributed by atoms with Crippen LogP contribution in [-0.2, 0) is 24.3 Å². The molecule has 2 aromatic heterocycles. The van der Waals surface area contributed by atoms with Crippen LogP contribution in [0.3, 0.4) is 0 Å². The van der Waals surface area contributed by atoms with Gasteiger partial charge < -0.3 is 9.80 Å². The molecule has 0 fully saturated rings. The lowest BCUT2D eigenvalue weighted by atomic mass is 9.99. The molecule has 0 unspecified atom stereocenters. The fraction of sp³-hybridized carbons (Fsp3) is 0.391. The fourth-order valence-electron chi connectivity index (χ4n) is 4.11. The number of carbonyl (C=O) groups excluding carboxylic acids is 2. The molecule has 0 atom stereocenters. The average molecular weight is 439 g/mol. The monoisotopic (exact) mass is 438 g/mol. The van der Waals surface area contributed by atoms with Gasteiger partial charge in [-0.3, -0.25) is 19.0 Å². The van der Waals surface area contributed by atoms with Crippen LogP contribution >= 0.6 is 11.3 Å². The summed E-state index contributed by atoms with van der Waals surface area (Å²) in [6.45, 7) is 7.97. The van der Waals surface area contributed by atoms with Gasteiger partial charge in [-0.25, -0.2) is 4.98 Å². The van der Waals surface area contributed by atoms with Crippen LogP contribution in [0.5, 0.6) is 0 Å². The van der Waals surface area contributed by atoms with Gasteiger partial charge in [-0.15, -0.1) is 11.3 Å². The minimum atomic E-state index is -0.276. The van der Waals surface area contributed by atoms with Crippen LogP contribution in [0.15, 0.2) is 35.4 Å². The average Bonchev–Trinajstić information content (AvgIpc) is 3.12. The SMILES string of the molecule is CCN(CC)C(=O)Cn1cnc2sc(C(=O)N3CCc4ccccc4C3)c(C)c2c1=O. The van der Waals surface area contributed by atoms with Crippen molar-refractivity contribution in [1.82, 2.24) is 19.4 Å². The molecule has 0 aliphatic carbocycles. The van der Waals surface area contributed by atoms with Gasteiger partial charge in [0.2, 0.25) is 5.91 Å². The number of hydrogen-bond acceptors (Lipinski definition) is 5. The zero-order valence-corrected chi connectivity index (χ0v) is 18.9. The van der Waals surface area contributed by atoms with Gasteiger partial charge in [0.15, 0.2) is 0 Å². The Labute approximate surface area is 184 Å². The Morgan fingerprint density at radius 1 is 1.16 bits per heavy atom. The Balaban J connectivity index is 1.64. The molecule has 2 amide bonds. The highest BCUT2D eigenvalue weighted by atomic mass is 32.1. The second kappa shape index (κ2) is 8.63. The third-order valence-electron chi connectivity index (χ3n) is 5.95. The van der Waals surface area contributed by atoms with Gasteiger partial charge in [0, 0.05) is 26.2 Å². The maximum atomic E-state index is 13.3. The second-order valence-electron chi connectivity index (χ2n) is 7.73. The first kappa shape index (κ1) is 21.2. The molecule has 4 rings (SSSR count). The van der Waals surface area contributed by atoms with Crippen LogP contribution in [0, 0.1) is 6.92 Å². The molecule has 0 N–H and O–H groups in total. The maximum Gasteiger partial charge on any atom is 0.264 e. The molecule has 3 heterocycles. The summed E-state index contributed by atoms with van der Waals surface area (Å²) in [5.74, 6) is -0.190.